The Labute approximate surface area is 102 Å². The van der Waals surface area contributed by atoms with Gasteiger partial charge in [0, 0.05) is 19.3 Å². The van der Waals surface area contributed by atoms with Gasteiger partial charge in [-0.05, 0) is 19.3 Å². The number of amides is 2. The van der Waals surface area contributed by atoms with Gasteiger partial charge in [-0.2, -0.15) is 0 Å². The molecular weight excluding hydrogens is 222 g/mol. The Bertz CT molecular complexity index is 258. The highest BCUT2D eigenvalue weighted by Crippen LogP contribution is 2.06. The molecule has 0 aromatic rings. The lowest BCUT2D eigenvalue weighted by molar-refractivity contribution is -0.202. The van der Waals surface area contributed by atoms with Gasteiger partial charge in [-0.15, -0.1) is 5.06 Å². The van der Waals surface area contributed by atoms with Crippen LogP contribution in [0, 0.1) is 0 Å². The number of carbonyl (C=O) groups is 3. The van der Waals surface area contributed by atoms with E-state index < -0.39 is 17.8 Å². The van der Waals surface area contributed by atoms with Crippen molar-refractivity contribution < 1.29 is 19.2 Å². The molecule has 2 amide bonds. The number of carbonyl (C=O) groups excluding carboxylic acids is 3. The van der Waals surface area contributed by atoms with Crippen molar-refractivity contribution >= 4 is 17.8 Å². The van der Waals surface area contributed by atoms with Crippen molar-refractivity contribution in [3.8, 4) is 0 Å². The molecule has 17 heavy (non-hydrogen) atoms. The highest BCUT2D eigenvalue weighted by Gasteiger charge is 2.24. The number of imide groups is 1. The smallest absolute Gasteiger partial charge is 0.330 e. The summed E-state index contributed by atoms with van der Waals surface area (Å²) in [5, 5.41) is 0.630. The Balaban J connectivity index is 4.55. The summed E-state index contributed by atoms with van der Waals surface area (Å²) >= 11 is 0. The van der Waals surface area contributed by atoms with Crippen molar-refractivity contribution in [2.45, 2.75) is 59.3 Å². The second-order valence-electron chi connectivity index (χ2n) is 3.80. The van der Waals surface area contributed by atoms with Gasteiger partial charge in [0.25, 0.3) is 11.8 Å². The summed E-state index contributed by atoms with van der Waals surface area (Å²) in [7, 11) is 0. The third-order valence-electron chi connectivity index (χ3n) is 2.03. The molecular formula is C12H21NO4. The van der Waals surface area contributed by atoms with Crippen LogP contribution in [0.3, 0.4) is 0 Å². The Morgan fingerprint density at radius 1 is 0.824 bits per heavy atom. The predicted molar refractivity (Wildman–Crippen MR) is 62.7 cm³/mol. The van der Waals surface area contributed by atoms with Gasteiger partial charge in [0.1, 0.15) is 0 Å². The summed E-state index contributed by atoms with van der Waals surface area (Å²) in [5.74, 6) is -1.44. The summed E-state index contributed by atoms with van der Waals surface area (Å²) < 4.78 is 0. The number of hydrogen-bond acceptors (Lipinski definition) is 4. The van der Waals surface area contributed by atoms with E-state index in [9.17, 15) is 14.4 Å². The van der Waals surface area contributed by atoms with E-state index in [1.54, 1.807) is 0 Å². The molecule has 0 fully saturated rings. The van der Waals surface area contributed by atoms with Crippen LogP contribution in [-0.2, 0) is 19.2 Å². The summed E-state index contributed by atoms with van der Waals surface area (Å²) in [5.41, 5.74) is 0. The summed E-state index contributed by atoms with van der Waals surface area (Å²) in [6.45, 7) is 5.48. The van der Waals surface area contributed by atoms with E-state index in [-0.39, 0.29) is 19.3 Å². The van der Waals surface area contributed by atoms with Crippen LogP contribution in [0.15, 0.2) is 0 Å². The van der Waals surface area contributed by atoms with E-state index in [1.165, 1.54) is 0 Å². The van der Waals surface area contributed by atoms with E-state index in [0.717, 1.165) is 0 Å². The molecule has 98 valence electrons. The molecule has 0 aliphatic rings. The molecule has 0 aromatic carbocycles. The van der Waals surface area contributed by atoms with Gasteiger partial charge in [-0.1, -0.05) is 20.8 Å². The minimum absolute atomic E-state index is 0.203. The zero-order chi connectivity index (χ0) is 13.3. The summed E-state index contributed by atoms with van der Waals surface area (Å²) in [4.78, 5) is 39.4. The van der Waals surface area contributed by atoms with Crippen molar-refractivity contribution in [3.05, 3.63) is 0 Å². The standard InChI is InChI=1S/C12H21NO4/c1-4-7-10(14)13(11(15)8-5-2)17-12(16)9-6-3/h4-9H2,1-3H3. The molecule has 0 aromatic heterocycles. The maximum atomic E-state index is 11.6. The first-order chi connectivity index (χ1) is 8.06. The quantitative estimate of drug-likeness (QED) is 0.671. The maximum Gasteiger partial charge on any atom is 0.333 e. The molecule has 0 aliphatic carbocycles. The molecule has 0 unspecified atom stereocenters. The summed E-state index contributed by atoms with van der Waals surface area (Å²) in [6.07, 6.45) is 2.45. The van der Waals surface area contributed by atoms with E-state index >= 15 is 0 Å². The van der Waals surface area contributed by atoms with Gasteiger partial charge in [-0.3, -0.25) is 9.59 Å². The van der Waals surface area contributed by atoms with Gasteiger partial charge in [0.05, 0.1) is 0 Å². The molecule has 0 saturated carbocycles. The van der Waals surface area contributed by atoms with E-state index in [0.29, 0.717) is 24.3 Å². The van der Waals surface area contributed by atoms with E-state index in [1.807, 2.05) is 20.8 Å². The normalized spacial score (nSPS) is 9.82. The average Bonchev–Trinajstić information content (AvgIpc) is 2.26. The van der Waals surface area contributed by atoms with Crippen molar-refractivity contribution in [3.63, 3.8) is 0 Å². The van der Waals surface area contributed by atoms with Crippen molar-refractivity contribution in [2.75, 3.05) is 0 Å². The van der Waals surface area contributed by atoms with E-state index in [2.05, 4.69) is 0 Å². The zero-order valence-electron chi connectivity index (χ0n) is 10.8. The first-order valence-electron chi connectivity index (χ1n) is 6.13. The lowest BCUT2D eigenvalue weighted by Crippen LogP contribution is -2.38. The van der Waals surface area contributed by atoms with Crippen LogP contribution in [0.5, 0.6) is 0 Å². The van der Waals surface area contributed by atoms with Gasteiger partial charge < -0.3 is 4.84 Å². The number of hydrogen-bond donors (Lipinski definition) is 0. The fourth-order valence-corrected chi connectivity index (χ4v) is 1.22. The van der Waals surface area contributed by atoms with Crippen LogP contribution in [0.2, 0.25) is 0 Å². The predicted octanol–water partition coefficient (Wildman–Crippen LogP) is 2.20. The monoisotopic (exact) mass is 243 g/mol. The highest BCUT2D eigenvalue weighted by atomic mass is 16.7. The summed E-state index contributed by atoms with van der Waals surface area (Å²) in [6, 6.07) is 0. The van der Waals surface area contributed by atoms with Crippen molar-refractivity contribution in [2.24, 2.45) is 0 Å². The molecule has 0 bridgehead atoms. The minimum atomic E-state index is -0.540. The van der Waals surface area contributed by atoms with Gasteiger partial charge in [0.15, 0.2) is 0 Å². The topological polar surface area (TPSA) is 63.7 Å². The number of nitrogens with zero attached hydrogens (tertiary/aromatic N) is 1. The fourth-order valence-electron chi connectivity index (χ4n) is 1.22. The molecule has 0 heterocycles. The lowest BCUT2D eigenvalue weighted by Gasteiger charge is -2.18. The molecule has 0 spiro atoms. The Morgan fingerprint density at radius 2 is 1.24 bits per heavy atom. The first kappa shape index (κ1) is 15.6. The fraction of sp³-hybridized carbons (Fsp3) is 0.750. The second-order valence-corrected chi connectivity index (χ2v) is 3.80. The largest absolute Gasteiger partial charge is 0.333 e. The number of rotatable bonds is 6. The average molecular weight is 243 g/mol. The first-order valence-corrected chi connectivity index (χ1v) is 6.13. The lowest BCUT2D eigenvalue weighted by atomic mass is 10.3. The van der Waals surface area contributed by atoms with Crippen LogP contribution in [-0.4, -0.2) is 22.8 Å². The molecule has 0 saturated heterocycles. The second kappa shape index (κ2) is 8.73. The molecule has 5 nitrogen and oxygen atoms in total. The third-order valence-corrected chi connectivity index (χ3v) is 2.03. The minimum Gasteiger partial charge on any atom is -0.330 e. The van der Waals surface area contributed by atoms with Gasteiger partial charge in [0.2, 0.25) is 0 Å². The molecule has 0 radical (unpaired) electrons. The maximum absolute atomic E-state index is 11.6. The SMILES string of the molecule is CCCC(=O)ON(C(=O)CCC)C(=O)CCC. The van der Waals surface area contributed by atoms with Gasteiger partial charge >= 0.3 is 5.97 Å². The molecule has 5 heteroatoms. The molecule has 0 aliphatic heterocycles. The van der Waals surface area contributed by atoms with Crippen LogP contribution in [0.4, 0.5) is 0 Å². The Hall–Kier alpha value is -1.39. The Kier molecular flexibility index (Phi) is 8.01. The zero-order valence-corrected chi connectivity index (χ0v) is 10.8. The van der Waals surface area contributed by atoms with Crippen LogP contribution in [0.25, 0.3) is 0 Å². The Morgan fingerprint density at radius 3 is 1.59 bits per heavy atom. The molecule has 0 atom stereocenters. The van der Waals surface area contributed by atoms with Gasteiger partial charge in [-0.25, -0.2) is 4.79 Å². The molecule has 0 N–H and O–H groups in total. The number of hydroxylamine groups is 2. The van der Waals surface area contributed by atoms with Crippen molar-refractivity contribution in [1.82, 2.24) is 5.06 Å². The van der Waals surface area contributed by atoms with E-state index in [4.69, 9.17) is 4.84 Å². The van der Waals surface area contributed by atoms with Crippen molar-refractivity contribution in [1.29, 1.82) is 0 Å². The third kappa shape index (κ3) is 6.04. The van der Waals surface area contributed by atoms with Crippen LogP contribution >= 0.6 is 0 Å². The van der Waals surface area contributed by atoms with Crippen LogP contribution < -0.4 is 0 Å². The highest BCUT2D eigenvalue weighted by molar-refractivity contribution is 5.95. The van der Waals surface area contributed by atoms with Crippen LogP contribution in [0.1, 0.15) is 59.3 Å². The molecule has 0 rings (SSSR count).